The van der Waals surface area contributed by atoms with E-state index in [2.05, 4.69) is 5.32 Å². The van der Waals surface area contributed by atoms with Gasteiger partial charge in [0.1, 0.15) is 23.3 Å². The lowest BCUT2D eigenvalue weighted by Gasteiger charge is -2.08. The van der Waals surface area contributed by atoms with Crippen LogP contribution in [0.1, 0.15) is 10.4 Å². The first-order valence-corrected chi connectivity index (χ1v) is 6.02. The van der Waals surface area contributed by atoms with E-state index >= 15 is 0 Å². The van der Waals surface area contributed by atoms with Crippen molar-refractivity contribution in [3.63, 3.8) is 0 Å². The molecule has 0 saturated carbocycles. The van der Waals surface area contributed by atoms with Crippen LogP contribution < -0.4 is 10.1 Å². The molecule has 2 aromatic carbocycles. The van der Waals surface area contributed by atoms with Crippen molar-refractivity contribution in [3.05, 3.63) is 48.0 Å². The zero-order valence-corrected chi connectivity index (χ0v) is 10.9. The van der Waals surface area contributed by atoms with Gasteiger partial charge in [-0.2, -0.15) is 5.26 Å². The molecule has 0 spiro atoms. The van der Waals surface area contributed by atoms with Gasteiger partial charge in [-0.1, -0.05) is 6.07 Å². The number of hydrogen-bond acceptors (Lipinski definition) is 5. The molecule has 0 radical (unpaired) electrons. The van der Waals surface area contributed by atoms with Crippen LogP contribution in [0.4, 0.5) is 5.69 Å². The standard InChI is InChI=1S/C15H12N2O4/c16-4-5-21-14-3-1-2-11(8-14)17-15(20)10-6-12(18)9-13(19)7-10/h1-3,6-9,18-19H,5H2,(H,17,20). The molecule has 0 fully saturated rings. The SMILES string of the molecule is N#CCOc1cccc(NC(=O)c2cc(O)cc(O)c2)c1. The van der Waals surface area contributed by atoms with Gasteiger partial charge in [0.25, 0.3) is 5.91 Å². The fourth-order valence-corrected chi connectivity index (χ4v) is 1.71. The van der Waals surface area contributed by atoms with Crippen LogP contribution in [-0.4, -0.2) is 22.7 Å². The van der Waals surface area contributed by atoms with Gasteiger partial charge in [0.2, 0.25) is 0 Å². The number of rotatable bonds is 4. The van der Waals surface area contributed by atoms with Crippen LogP contribution in [0, 0.1) is 11.3 Å². The molecule has 6 nitrogen and oxygen atoms in total. The third-order valence-corrected chi connectivity index (χ3v) is 2.56. The summed E-state index contributed by atoms with van der Waals surface area (Å²) in [7, 11) is 0. The highest BCUT2D eigenvalue weighted by atomic mass is 16.5. The second-order valence-corrected chi connectivity index (χ2v) is 4.17. The minimum absolute atomic E-state index is 0.0855. The fourth-order valence-electron chi connectivity index (χ4n) is 1.71. The number of ether oxygens (including phenoxy) is 1. The molecule has 1 amide bonds. The number of nitriles is 1. The number of aromatic hydroxyl groups is 2. The van der Waals surface area contributed by atoms with Crippen LogP contribution in [0.2, 0.25) is 0 Å². The molecule has 0 unspecified atom stereocenters. The second-order valence-electron chi connectivity index (χ2n) is 4.17. The molecule has 106 valence electrons. The molecular formula is C15H12N2O4. The summed E-state index contributed by atoms with van der Waals surface area (Å²) in [5.74, 6) is -0.441. The van der Waals surface area contributed by atoms with Crippen LogP contribution in [0.5, 0.6) is 17.2 Å². The average Bonchev–Trinajstić information content (AvgIpc) is 2.44. The normalized spacial score (nSPS) is 9.67. The van der Waals surface area contributed by atoms with E-state index in [4.69, 9.17) is 10.00 Å². The molecule has 2 aromatic rings. The average molecular weight is 284 g/mol. The molecule has 0 atom stereocenters. The van der Waals surface area contributed by atoms with E-state index in [-0.39, 0.29) is 23.7 Å². The molecule has 21 heavy (non-hydrogen) atoms. The summed E-state index contributed by atoms with van der Waals surface area (Å²) in [5, 5.41) is 29.8. The maximum absolute atomic E-state index is 12.0. The summed E-state index contributed by atoms with van der Waals surface area (Å²) < 4.78 is 5.13. The molecule has 0 bridgehead atoms. The summed E-state index contributed by atoms with van der Waals surface area (Å²) in [5.41, 5.74) is 0.592. The van der Waals surface area contributed by atoms with E-state index in [1.54, 1.807) is 24.3 Å². The molecule has 0 heterocycles. The van der Waals surface area contributed by atoms with Crippen molar-refractivity contribution in [3.8, 4) is 23.3 Å². The van der Waals surface area contributed by atoms with Crippen molar-refractivity contribution in [1.29, 1.82) is 5.26 Å². The Kier molecular flexibility index (Phi) is 4.26. The number of hydrogen-bond donors (Lipinski definition) is 3. The second kappa shape index (κ2) is 6.30. The largest absolute Gasteiger partial charge is 0.508 e. The molecule has 6 heteroatoms. The van der Waals surface area contributed by atoms with Gasteiger partial charge in [0.05, 0.1) is 0 Å². The third kappa shape index (κ3) is 3.88. The highest BCUT2D eigenvalue weighted by Gasteiger charge is 2.09. The van der Waals surface area contributed by atoms with Gasteiger partial charge in [-0.15, -0.1) is 0 Å². The molecular weight excluding hydrogens is 272 g/mol. The van der Waals surface area contributed by atoms with Gasteiger partial charge in [0.15, 0.2) is 6.61 Å². The molecule has 0 aliphatic heterocycles. The maximum Gasteiger partial charge on any atom is 0.255 e. The van der Waals surface area contributed by atoms with Gasteiger partial charge < -0.3 is 20.3 Å². The van der Waals surface area contributed by atoms with Gasteiger partial charge in [0, 0.05) is 23.4 Å². The van der Waals surface area contributed by atoms with Crippen molar-refractivity contribution in [1.82, 2.24) is 0 Å². The number of carbonyl (C=O) groups is 1. The van der Waals surface area contributed by atoms with E-state index < -0.39 is 5.91 Å². The molecule has 0 aliphatic carbocycles. The Labute approximate surface area is 120 Å². The first kappa shape index (κ1) is 14.2. The van der Waals surface area contributed by atoms with Crippen LogP contribution in [0.3, 0.4) is 0 Å². The smallest absolute Gasteiger partial charge is 0.255 e. The number of phenols is 2. The maximum atomic E-state index is 12.0. The van der Waals surface area contributed by atoms with Crippen molar-refractivity contribution >= 4 is 11.6 Å². The molecule has 2 rings (SSSR count). The van der Waals surface area contributed by atoms with Crippen molar-refractivity contribution in [2.45, 2.75) is 0 Å². The Bertz CT molecular complexity index is 687. The summed E-state index contributed by atoms with van der Waals surface area (Å²) >= 11 is 0. The first-order valence-electron chi connectivity index (χ1n) is 6.02. The number of benzene rings is 2. The van der Waals surface area contributed by atoms with E-state index in [1.165, 1.54) is 12.1 Å². The Morgan fingerprint density at radius 2 is 1.90 bits per heavy atom. The lowest BCUT2D eigenvalue weighted by atomic mass is 10.2. The Morgan fingerprint density at radius 3 is 2.57 bits per heavy atom. The van der Waals surface area contributed by atoms with Crippen LogP contribution in [0.25, 0.3) is 0 Å². The number of amides is 1. The quantitative estimate of drug-likeness (QED) is 0.799. The van der Waals surface area contributed by atoms with E-state index in [9.17, 15) is 15.0 Å². The number of anilines is 1. The van der Waals surface area contributed by atoms with Gasteiger partial charge in [-0.25, -0.2) is 0 Å². The summed E-state index contributed by atoms with van der Waals surface area (Å²) in [4.78, 5) is 12.0. The Balaban J connectivity index is 2.14. The van der Waals surface area contributed by atoms with E-state index in [0.717, 1.165) is 6.07 Å². The van der Waals surface area contributed by atoms with Gasteiger partial charge >= 0.3 is 0 Å². The fraction of sp³-hybridized carbons (Fsp3) is 0.0667. The predicted octanol–water partition coefficient (Wildman–Crippen LogP) is 2.25. The van der Waals surface area contributed by atoms with Gasteiger partial charge in [-0.3, -0.25) is 4.79 Å². The molecule has 0 aromatic heterocycles. The molecule has 0 saturated heterocycles. The Morgan fingerprint density at radius 1 is 1.19 bits per heavy atom. The number of phenolic OH excluding ortho intramolecular Hbond substituents is 2. The minimum Gasteiger partial charge on any atom is -0.508 e. The highest BCUT2D eigenvalue weighted by molar-refractivity contribution is 6.04. The number of carbonyl (C=O) groups excluding carboxylic acids is 1. The number of nitrogens with one attached hydrogen (secondary N) is 1. The predicted molar refractivity (Wildman–Crippen MR) is 75.3 cm³/mol. The summed E-state index contributed by atoms with van der Waals surface area (Å²) in [6, 6.07) is 12.0. The zero-order valence-electron chi connectivity index (χ0n) is 10.9. The summed E-state index contributed by atoms with van der Waals surface area (Å²) in [6.07, 6.45) is 0. The third-order valence-electron chi connectivity index (χ3n) is 2.56. The van der Waals surface area contributed by atoms with Gasteiger partial charge in [-0.05, 0) is 24.3 Å². The lowest BCUT2D eigenvalue weighted by molar-refractivity contribution is 0.102. The van der Waals surface area contributed by atoms with Crippen molar-refractivity contribution in [2.75, 3.05) is 11.9 Å². The highest BCUT2D eigenvalue weighted by Crippen LogP contribution is 2.22. The van der Waals surface area contributed by atoms with E-state index in [1.807, 2.05) is 6.07 Å². The van der Waals surface area contributed by atoms with Crippen LogP contribution >= 0.6 is 0 Å². The van der Waals surface area contributed by atoms with E-state index in [0.29, 0.717) is 11.4 Å². The Hall–Kier alpha value is -3.20. The first-order chi connectivity index (χ1) is 10.1. The lowest BCUT2D eigenvalue weighted by Crippen LogP contribution is -2.11. The number of nitrogens with zero attached hydrogens (tertiary/aromatic N) is 1. The van der Waals surface area contributed by atoms with Crippen LogP contribution in [-0.2, 0) is 0 Å². The van der Waals surface area contributed by atoms with Crippen molar-refractivity contribution in [2.24, 2.45) is 0 Å². The topological polar surface area (TPSA) is 103 Å². The minimum atomic E-state index is -0.487. The van der Waals surface area contributed by atoms with Crippen LogP contribution in [0.15, 0.2) is 42.5 Å². The molecule has 0 aliphatic rings. The zero-order chi connectivity index (χ0) is 15.2. The van der Waals surface area contributed by atoms with Crippen molar-refractivity contribution < 1.29 is 19.7 Å². The monoisotopic (exact) mass is 284 g/mol. The summed E-state index contributed by atoms with van der Waals surface area (Å²) in [6.45, 7) is -0.0855. The molecule has 3 N–H and O–H groups in total.